The van der Waals surface area contributed by atoms with Crippen molar-refractivity contribution >= 4 is 28.6 Å². The number of hydrogen-bond acceptors (Lipinski definition) is 3. The van der Waals surface area contributed by atoms with Gasteiger partial charge in [0.15, 0.2) is 5.78 Å². The largest absolute Gasteiger partial charge is 0.396 e. The highest BCUT2D eigenvalue weighted by atomic mass is 35.5. The standard InChI is InChI=1S/C26H22ClNO2/c27-20-11-12-23-22(17-20)25(30)26(19-9-5-2-6-10-19)15-13-21(18-7-3-1-4-8-18)24(14-16-29)28(23)26/h1-13,17,24,29H,14-16H2/t24-,26-/m1/s1. The highest BCUT2D eigenvalue weighted by Crippen LogP contribution is 2.53. The first-order chi connectivity index (χ1) is 14.7. The van der Waals surface area contributed by atoms with E-state index in [0.717, 1.165) is 22.4 Å². The van der Waals surface area contributed by atoms with Gasteiger partial charge in [0.2, 0.25) is 0 Å². The number of fused-ring (bicyclic) bond motifs is 3. The molecule has 0 fully saturated rings. The molecule has 0 amide bonds. The van der Waals surface area contributed by atoms with Gasteiger partial charge < -0.3 is 10.0 Å². The average molecular weight is 416 g/mol. The number of aliphatic hydroxyl groups is 1. The first kappa shape index (κ1) is 19.1. The smallest absolute Gasteiger partial charge is 0.195 e. The zero-order chi connectivity index (χ0) is 20.7. The van der Waals surface area contributed by atoms with Crippen LogP contribution < -0.4 is 4.90 Å². The average Bonchev–Trinajstić information content (AvgIpc) is 3.04. The van der Waals surface area contributed by atoms with E-state index in [4.69, 9.17) is 11.6 Å². The molecule has 150 valence electrons. The summed E-state index contributed by atoms with van der Waals surface area (Å²) in [6.07, 6.45) is 3.28. The molecule has 3 aromatic rings. The van der Waals surface area contributed by atoms with Crippen molar-refractivity contribution in [2.75, 3.05) is 11.5 Å². The molecule has 0 bridgehead atoms. The summed E-state index contributed by atoms with van der Waals surface area (Å²) >= 11 is 6.28. The monoisotopic (exact) mass is 415 g/mol. The predicted molar refractivity (Wildman–Crippen MR) is 121 cm³/mol. The van der Waals surface area contributed by atoms with Crippen LogP contribution in [-0.2, 0) is 5.54 Å². The van der Waals surface area contributed by atoms with Crippen LogP contribution in [0.2, 0.25) is 5.02 Å². The molecule has 0 unspecified atom stereocenters. The second kappa shape index (κ2) is 7.42. The normalized spacial score (nSPS) is 22.5. The highest BCUT2D eigenvalue weighted by Gasteiger charge is 2.56. The molecular formula is C26H22ClNO2. The van der Waals surface area contributed by atoms with Crippen molar-refractivity contribution < 1.29 is 9.90 Å². The van der Waals surface area contributed by atoms with E-state index in [0.29, 0.717) is 23.4 Å². The summed E-state index contributed by atoms with van der Waals surface area (Å²) in [5, 5.41) is 10.5. The van der Waals surface area contributed by atoms with Crippen LogP contribution in [0.1, 0.15) is 34.3 Å². The highest BCUT2D eigenvalue weighted by molar-refractivity contribution is 6.31. The molecule has 2 atom stereocenters. The molecular weight excluding hydrogens is 394 g/mol. The maximum absolute atomic E-state index is 13.9. The first-order valence-electron chi connectivity index (χ1n) is 10.2. The number of aliphatic hydroxyl groups excluding tert-OH is 1. The second-order valence-corrected chi connectivity index (χ2v) is 8.28. The molecule has 5 rings (SSSR count). The van der Waals surface area contributed by atoms with Gasteiger partial charge in [0.1, 0.15) is 5.54 Å². The van der Waals surface area contributed by atoms with Crippen molar-refractivity contribution in [2.45, 2.75) is 24.4 Å². The van der Waals surface area contributed by atoms with E-state index in [-0.39, 0.29) is 18.4 Å². The maximum Gasteiger partial charge on any atom is 0.195 e. The molecule has 2 heterocycles. The van der Waals surface area contributed by atoms with Crippen LogP contribution in [0.25, 0.3) is 5.57 Å². The number of ketones is 1. The van der Waals surface area contributed by atoms with Gasteiger partial charge in [0.05, 0.1) is 6.04 Å². The number of hydrogen-bond donors (Lipinski definition) is 1. The molecule has 30 heavy (non-hydrogen) atoms. The van der Waals surface area contributed by atoms with Crippen molar-refractivity contribution in [3.8, 4) is 0 Å². The Balaban J connectivity index is 1.77. The summed E-state index contributed by atoms with van der Waals surface area (Å²) in [5.74, 6) is 0.0671. The Morgan fingerprint density at radius 1 is 1.00 bits per heavy atom. The van der Waals surface area contributed by atoms with E-state index in [9.17, 15) is 9.90 Å². The van der Waals surface area contributed by atoms with Crippen LogP contribution in [0.3, 0.4) is 0 Å². The van der Waals surface area contributed by atoms with Gasteiger partial charge in [-0.15, -0.1) is 0 Å². The number of benzene rings is 3. The molecule has 4 heteroatoms. The molecule has 1 N–H and O–H groups in total. The Morgan fingerprint density at radius 3 is 2.40 bits per heavy atom. The van der Waals surface area contributed by atoms with Crippen LogP contribution in [0.5, 0.6) is 0 Å². The van der Waals surface area contributed by atoms with Crippen LogP contribution in [0, 0.1) is 0 Å². The topological polar surface area (TPSA) is 40.5 Å². The summed E-state index contributed by atoms with van der Waals surface area (Å²) in [7, 11) is 0. The third kappa shape index (κ3) is 2.73. The SMILES string of the molecule is O=C1c2cc(Cl)ccc2N2[C@H](CCO)C(c3ccccc3)=CC[C@@]12c1ccccc1. The number of rotatable bonds is 4. The molecule has 2 aliphatic heterocycles. The fourth-order valence-electron chi connectivity index (χ4n) is 5.05. The lowest BCUT2D eigenvalue weighted by atomic mass is 9.75. The summed E-state index contributed by atoms with van der Waals surface area (Å²) < 4.78 is 0. The number of carbonyl (C=O) groups excluding carboxylic acids is 1. The van der Waals surface area contributed by atoms with Gasteiger partial charge in [-0.1, -0.05) is 78.3 Å². The van der Waals surface area contributed by atoms with Crippen molar-refractivity contribution in [3.05, 3.63) is 107 Å². The van der Waals surface area contributed by atoms with Gasteiger partial charge >= 0.3 is 0 Å². The lowest BCUT2D eigenvalue weighted by Crippen LogP contribution is -2.55. The summed E-state index contributed by atoms with van der Waals surface area (Å²) in [5.41, 5.74) is 3.94. The zero-order valence-electron chi connectivity index (χ0n) is 16.5. The molecule has 0 saturated carbocycles. The Labute approximate surface area is 181 Å². The lowest BCUT2D eigenvalue weighted by molar-refractivity contribution is 0.0890. The predicted octanol–water partition coefficient (Wildman–Crippen LogP) is 5.48. The Morgan fingerprint density at radius 2 is 1.70 bits per heavy atom. The minimum atomic E-state index is -0.827. The van der Waals surface area contributed by atoms with Crippen LogP contribution in [0.4, 0.5) is 5.69 Å². The molecule has 0 saturated heterocycles. The number of nitrogens with zero attached hydrogens (tertiary/aromatic N) is 1. The van der Waals surface area contributed by atoms with Gasteiger partial charge in [-0.05, 0) is 41.3 Å². The van der Waals surface area contributed by atoms with E-state index < -0.39 is 5.54 Å². The van der Waals surface area contributed by atoms with E-state index in [1.807, 2.05) is 60.7 Å². The van der Waals surface area contributed by atoms with Crippen molar-refractivity contribution in [1.82, 2.24) is 0 Å². The van der Waals surface area contributed by atoms with Gasteiger partial charge in [0.25, 0.3) is 0 Å². The molecule has 0 aromatic heterocycles. The number of Topliss-reactive ketones (excluding diaryl/α,β-unsaturated/α-hetero) is 1. The van der Waals surface area contributed by atoms with E-state index >= 15 is 0 Å². The zero-order valence-corrected chi connectivity index (χ0v) is 17.2. The summed E-state index contributed by atoms with van der Waals surface area (Å²) in [6.45, 7) is 0.0350. The van der Waals surface area contributed by atoms with Gasteiger partial charge in [0, 0.05) is 29.3 Å². The lowest BCUT2D eigenvalue weighted by Gasteiger charge is -2.48. The fourth-order valence-corrected chi connectivity index (χ4v) is 5.22. The Bertz CT molecular complexity index is 1130. The number of halogens is 1. The van der Waals surface area contributed by atoms with E-state index in [2.05, 4.69) is 23.1 Å². The first-order valence-corrected chi connectivity index (χ1v) is 10.6. The maximum atomic E-state index is 13.9. The summed E-state index contributed by atoms with van der Waals surface area (Å²) in [6, 6.07) is 25.6. The Kier molecular flexibility index (Phi) is 4.73. The third-order valence-corrected chi connectivity index (χ3v) is 6.53. The second-order valence-electron chi connectivity index (χ2n) is 7.84. The molecule has 0 spiro atoms. The van der Waals surface area contributed by atoms with Crippen LogP contribution in [0.15, 0.2) is 84.9 Å². The minimum absolute atomic E-state index is 0.0350. The van der Waals surface area contributed by atoms with E-state index in [1.54, 1.807) is 6.07 Å². The molecule has 3 aromatic carbocycles. The molecule has 0 aliphatic carbocycles. The van der Waals surface area contributed by atoms with Crippen molar-refractivity contribution in [2.24, 2.45) is 0 Å². The fraction of sp³-hybridized carbons (Fsp3) is 0.192. The number of anilines is 1. The van der Waals surface area contributed by atoms with Crippen LogP contribution in [-0.4, -0.2) is 23.5 Å². The van der Waals surface area contributed by atoms with Gasteiger partial charge in [-0.25, -0.2) is 0 Å². The molecule has 2 aliphatic rings. The minimum Gasteiger partial charge on any atom is -0.396 e. The third-order valence-electron chi connectivity index (χ3n) is 6.30. The van der Waals surface area contributed by atoms with Gasteiger partial charge in [-0.2, -0.15) is 0 Å². The summed E-state index contributed by atoms with van der Waals surface area (Å²) in [4.78, 5) is 16.1. The van der Waals surface area contributed by atoms with Gasteiger partial charge in [-0.3, -0.25) is 4.79 Å². The van der Waals surface area contributed by atoms with Crippen molar-refractivity contribution in [1.29, 1.82) is 0 Å². The van der Waals surface area contributed by atoms with Crippen molar-refractivity contribution in [3.63, 3.8) is 0 Å². The molecule has 3 nitrogen and oxygen atoms in total. The quantitative estimate of drug-likeness (QED) is 0.613. The van der Waals surface area contributed by atoms with E-state index in [1.165, 1.54) is 0 Å². The molecule has 0 radical (unpaired) electrons. The van der Waals surface area contributed by atoms with Crippen LogP contribution >= 0.6 is 11.6 Å². The number of carbonyl (C=O) groups is 1. The Hall–Kier alpha value is -2.88.